The lowest BCUT2D eigenvalue weighted by atomic mass is 10.1. The molecule has 2 rings (SSSR count). The standard InChI is InChI=1S/C18H26N2O4/c1-18(2,3)20-10-13(21)11-24-14-5-6-16-15(8-14)12(9-19-16)7-17(22)23-4/h5-6,8-9,13,19-21H,7,10-11H2,1-4H3. The van der Waals surface area contributed by atoms with Gasteiger partial charge in [0.05, 0.1) is 13.5 Å². The predicted octanol–water partition coefficient (Wildman–Crippen LogP) is 2.01. The minimum Gasteiger partial charge on any atom is -0.491 e. The van der Waals surface area contributed by atoms with Gasteiger partial charge in [-0.05, 0) is 44.5 Å². The summed E-state index contributed by atoms with van der Waals surface area (Å²) in [6, 6.07) is 5.60. The molecule has 0 aliphatic heterocycles. The van der Waals surface area contributed by atoms with E-state index >= 15 is 0 Å². The second-order valence-corrected chi connectivity index (χ2v) is 6.87. The van der Waals surface area contributed by atoms with Crippen LogP contribution in [0, 0.1) is 0 Å². The maximum Gasteiger partial charge on any atom is 0.310 e. The van der Waals surface area contributed by atoms with Crippen LogP contribution in [0.2, 0.25) is 0 Å². The number of fused-ring (bicyclic) bond motifs is 1. The minimum absolute atomic E-state index is 0.0478. The molecule has 2 aromatic rings. The Bertz CT molecular complexity index is 688. The van der Waals surface area contributed by atoms with Crippen LogP contribution in [0.4, 0.5) is 0 Å². The molecule has 1 aromatic carbocycles. The third-order valence-corrected chi connectivity index (χ3v) is 3.61. The summed E-state index contributed by atoms with van der Waals surface area (Å²) in [5, 5.41) is 14.1. The van der Waals surface area contributed by atoms with Crippen LogP contribution in [0.15, 0.2) is 24.4 Å². The van der Waals surface area contributed by atoms with E-state index in [-0.39, 0.29) is 24.5 Å². The molecule has 0 saturated carbocycles. The van der Waals surface area contributed by atoms with Crippen LogP contribution in [-0.4, -0.2) is 48.0 Å². The number of benzene rings is 1. The lowest BCUT2D eigenvalue weighted by molar-refractivity contribution is -0.139. The number of methoxy groups -OCH3 is 1. The summed E-state index contributed by atoms with van der Waals surface area (Å²) in [7, 11) is 1.37. The van der Waals surface area contributed by atoms with Crippen molar-refractivity contribution in [1.29, 1.82) is 0 Å². The predicted molar refractivity (Wildman–Crippen MR) is 93.3 cm³/mol. The normalized spacial score (nSPS) is 13.0. The van der Waals surface area contributed by atoms with Gasteiger partial charge in [-0.15, -0.1) is 0 Å². The topological polar surface area (TPSA) is 83.6 Å². The van der Waals surface area contributed by atoms with Crippen molar-refractivity contribution in [2.75, 3.05) is 20.3 Å². The zero-order chi connectivity index (χ0) is 17.7. The molecule has 0 aliphatic rings. The van der Waals surface area contributed by atoms with E-state index < -0.39 is 6.10 Å². The van der Waals surface area contributed by atoms with E-state index in [0.29, 0.717) is 12.3 Å². The zero-order valence-corrected chi connectivity index (χ0v) is 14.7. The first kappa shape index (κ1) is 18.3. The van der Waals surface area contributed by atoms with Gasteiger partial charge in [-0.1, -0.05) is 0 Å². The van der Waals surface area contributed by atoms with E-state index in [1.165, 1.54) is 7.11 Å². The van der Waals surface area contributed by atoms with Crippen molar-refractivity contribution in [3.63, 3.8) is 0 Å². The summed E-state index contributed by atoms with van der Waals surface area (Å²) in [6.45, 7) is 6.80. The molecule has 0 fully saturated rings. The molecule has 0 spiro atoms. The first-order valence-electron chi connectivity index (χ1n) is 8.01. The van der Waals surface area contributed by atoms with E-state index in [9.17, 15) is 9.90 Å². The Balaban J connectivity index is 1.99. The average Bonchev–Trinajstić information content (AvgIpc) is 2.92. The number of carbonyl (C=O) groups excluding carboxylic acids is 1. The number of aliphatic hydroxyl groups is 1. The van der Waals surface area contributed by atoms with Gasteiger partial charge >= 0.3 is 5.97 Å². The Morgan fingerprint density at radius 1 is 1.38 bits per heavy atom. The first-order chi connectivity index (χ1) is 11.3. The van der Waals surface area contributed by atoms with E-state index in [2.05, 4.69) is 10.3 Å². The van der Waals surface area contributed by atoms with E-state index in [1.54, 1.807) is 6.20 Å². The summed E-state index contributed by atoms with van der Waals surface area (Å²) < 4.78 is 10.4. The van der Waals surface area contributed by atoms with Gasteiger partial charge in [0.15, 0.2) is 0 Å². The number of rotatable bonds is 7. The molecule has 132 valence electrons. The highest BCUT2D eigenvalue weighted by atomic mass is 16.5. The van der Waals surface area contributed by atoms with Crippen LogP contribution in [-0.2, 0) is 16.0 Å². The highest BCUT2D eigenvalue weighted by Crippen LogP contribution is 2.24. The lowest BCUT2D eigenvalue weighted by Crippen LogP contribution is -2.42. The first-order valence-corrected chi connectivity index (χ1v) is 8.01. The van der Waals surface area contributed by atoms with Gasteiger partial charge in [-0.25, -0.2) is 0 Å². The van der Waals surface area contributed by atoms with Crippen molar-refractivity contribution in [3.8, 4) is 5.75 Å². The second kappa shape index (κ2) is 7.68. The molecule has 0 amide bonds. The number of esters is 1. The van der Waals surface area contributed by atoms with E-state index in [4.69, 9.17) is 9.47 Å². The molecular weight excluding hydrogens is 308 g/mol. The third kappa shape index (κ3) is 5.25. The molecule has 6 nitrogen and oxygen atoms in total. The van der Waals surface area contributed by atoms with Gasteiger partial charge < -0.3 is 24.9 Å². The molecule has 1 aromatic heterocycles. The number of H-pyrrole nitrogens is 1. The summed E-state index contributed by atoms with van der Waals surface area (Å²) in [6.07, 6.45) is 1.41. The Labute approximate surface area is 142 Å². The van der Waals surface area contributed by atoms with Crippen LogP contribution < -0.4 is 10.1 Å². The maximum absolute atomic E-state index is 11.5. The summed E-state index contributed by atoms with van der Waals surface area (Å²) >= 11 is 0. The van der Waals surface area contributed by atoms with Crippen molar-refractivity contribution in [2.24, 2.45) is 0 Å². The number of hydrogen-bond acceptors (Lipinski definition) is 5. The van der Waals surface area contributed by atoms with Crippen LogP contribution >= 0.6 is 0 Å². The van der Waals surface area contributed by atoms with Gasteiger partial charge in [0, 0.05) is 29.2 Å². The fourth-order valence-electron chi connectivity index (χ4n) is 2.30. The molecular formula is C18H26N2O4. The SMILES string of the molecule is COC(=O)Cc1c[nH]c2ccc(OCC(O)CNC(C)(C)C)cc12. The second-order valence-electron chi connectivity index (χ2n) is 6.87. The number of hydrogen-bond donors (Lipinski definition) is 3. The Morgan fingerprint density at radius 2 is 2.12 bits per heavy atom. The van der Waals surface area contributed by atoms with E-state index in [0.717, 1.165) is 16.5 Å². The quantitative estimate of drug-likeness (QED) is 0.675. The molecule has 6 heteroatoms. The fourth-order valence-corrected chi connectivity index (χ4v) is 2.30. The van der Waals surface area contributed by atoms with Gasteiger partial charge in [0.1, 0.15) is 18.5 Å². The van der Waals surface area contributed by atoms with Crippen molar-refractivity contribution < 1.29 is 19.4 Å². The Hall–Kier alpha value is -2.05. The highest BCUT2D eigenvalue weighted by Gasteiger charge is 2.13. The summed E-state index contributed by atoms with van der Waals surface area (Å²) in [5.74, 6) is 0.369. The lowest BCUT2D eigenvalue weighted by Gasteiger charge is -2.23. The number of β-amino-alcohol motifs (C(OH)–C–C–N with tert-alkyl or cyclic N) is 1. The molecule has 3 N–H and O–H groups in total. The number of nitrogens with one attached hydrogen (secondary N) is 2. The number of carbonyl (C=O) groups is 1. The number of aliphatic hydroxyl groups excluding tert-OH is 1. The molecule has 24 heavy (non-hydrogen) atoms. The van der Waals surface area contributed by atoms with Gasteiger partial charge in [0.2, 0.25) is 0 Å². The Kier molecular flexibility index (Phi) is 5.85. The minimum atomic E-state index is -0.597. The molecule has 0 aliphatic carbocycles. The molecule has 1 unspecified atom stereocenters. The summed E-state index contributed by atoms with van der Waals surface area (Å²) in [4.78, 5) is 14.6. The van der Waals surface area contributed by atoms with Crippen molar-refractivity contribution in [2.45, 2.75) is 38.8 Å². The maximum atomic E-state index is 11.5. The van der Waals surface area contributed by atoms with E-state index in [1.807, 2.05) is 39.0 Å². The number of aromatic nitrogens is 1. The number of aromatic amines is 1. The smallest absolute Gasteiger partial charge is 0.310 e. The monoisotopic (exact) mass is 334 g/mol. The Morgan fingerprint density at radius 3 is 2.79 bits per heavy atom. The van der Waals surface area contributed by atoms with Crippen molar-refractivity contribution >= 4 is 16.9 Å². The zero-order valence-electron chi connectivity index (χ0n) is 14.7. The average molecular weight is 334 g/mol. The molecule has 0 radical (unpaired) electrons. The molecule has 0 bridgehead atoms. The summed E-state index contributed by atoms with van der Waals surface area (Å²) in [5.41, 5.74) is 1.74. The van der Waals surface area contributed by atoms with Gasteiger partial charge in [0.25, 0.3) is 0 Å². The highest BCUT2D eigenvalue weighted by molar-refractivity contribution is 5.88. The van der Waals surface area contributed by atoms with Crippen molar-refractivity contribution in [1.82, 2.24) is 10.3 Å². The van der Waals surface area contributed by atoms with Crippen LogP contribution in [0.3, 0.4) is 0 Å². The molecule has 1 atom stereocenters. The van der Waals surface area contributed by atoms with Gasteiger partial charge in [-0.2, -0.15) is 0 Å². The molecule has 0 saturated heterocycles. The fraction of sp³-hybridized carbons (Fsp3) is 0.500. The third-order valence-electron chi connectivity index (χ3n) is 3.61. The van der Waals surface area contributed by atoms with Crippen molar-refractivity contribution in [3.05, 3.63) is 30.0 Å². The number of ether oxygens (including phenoxy) is 2. The van der Waals surface area contributed by atoms with Crippen LogP contribution in [0.25, 0.3) is 10.9 Å². The molecule has 1 heterocycles. The largest absolute Gasteiger partial charge is 0.491 e. The van der Waals surface area contributed by atoms with Crippen LogP contribution in [0.1, 0.15) is 26.3 Å². The van der Waals surface area contributed by atoms with Gasteiger partial charge in [-0.3, -0.25) is 4.79 Å². The van der Waals surface area contributed by atoms with Crippen LogP contribution in [0.5, 0.6) is 5.75 Å².